The van der Waals surface area contributed by atoms with Crippen LogP contribution in [0, 0.1) is 15.9 Å². The van der Waals surface area contributed by atoms with Crippen LogP contribution in [0.4, 0.5) is 15.8 Å². The minimum atomic E-state index is -0.692. The number of rotatable bonds is 8. The maximum atomic E-state index is 13.7. The number of carbonyl (C=O) groups is 1. The molecule has 2 aromatic heterocycles. The Labute approximate surface area is 265 Å². The lowest BCUT2D eigenvalue weighted by Gasteiger charge is -2.11. The lowest BCUT2D eigenvalue weighted by atomic mass is 10.2. The summed E-state index contributed by atoms with van der Waals surface area (Å²) in [5.41, 5.74) is 0.141. The molecule has 6 rings (SSSR count). The molecule has 0 aliphatic heterocycles. The van der Waals surface area contributed by atoms with E-state index >= 15 is 0 Å². The molecule has 1 N–H and O–H groups in total. The van der Waals surface area contributed by atoms with Crippen LogP contribution in [0.3, 0.4) is 0 Å². The molecule has 14 heteroatoms. The van der Waals surface area contributed by atoms with Gasteiger partial charge < -0.3 is 14.5 Å². The van der Waals surface area contributed by atoms with Gasteiger partial charge in [0.15, 0.2) is 12.4 Å². The second-order valence-corrected chi connectivity index (χ2v) is 10.9. The molecule has 0 fully saturated rings. The van der Waals surface area contributed by atoms with E-state index in [2.05, 4.69) is 31.3 Å². The van der Waals surface area contributed by atoms with Gasteiger partial charge in [0.2, 0.25) is 11.6 Å². The number of aromatic nitrogens is 2. The standard InChI is InChI=1S/C31H18BrClFN5O6/c32-19-10-18(29(25(13-19)39(42)43)44-16-28(40)36-22-5-3-4-21(34)14-22)15-35-38-30(37-24-7-2-1-6-23(24)31(38)41)27-12-17-11-20(33)8-9-26(17)45-27/h1-15H,16H2,(H,36,40). The molecule has 4 aromatic carbocycles. The molecular weight excluding hydrogens is 673 g/mol. The topological polar surface area (TPSA) is 142 Å². The number of nitrogens with zero attached hydrogens (tertiary/aromatic N) is 4. The molecule has 1 amide bonds. The van der Waals surface area contributed by atoms with E-state index in [1.54, 1.807) is 48.5 Å². The van der Waals surface area contributed by atoms with Crippen molar-refractivity contribution in [3.8, 4) is 17.3 Å². The Balaban J connectivity index is 1.42. The molecule has 0 unspecified atom stereocenters. The normalized spacial score (nSPS) is 11.4. The third kappa shape index (κ3) is 6.30. The Hall–Kier alpha value is -5.40. The van der Waals surface area contributed by atoms with Gasteiger partial charge in [0.05, 0.1) is 22.0 Å². The number of benzene rings is 4. The van der Waals surface area contributed by atoms with Crippen molar-refractivity contribution < 1.29 is 23.3 Å². The number of anilines is 1. The summed E-state index contributed by atoms with van der Waals surface area (Å²) in [6, 6.07) is 21.3. The predicted molar refractivity (Wildman–Crippen MR) is 171 cm³/mol. The molecule has 0 radical (unpaired) electrons. The van der Waals surface area contributed by atoms with Gasteiger partial charge in [-0.2, -0.15) is 9.78 Å². The van der Waals surface area contributed by atoms with Gasteiger partial charge in [-0.15, -0.1) is 0 Å². The lowest BCUT2D eigenvalue weighted by molar-refractivity contribution is -0.385. The summed E-state index contributed by atoms with van der Waals surface area (Å²) in [5, 5.41) is 20.2. The van der Waals surface area contributed by atoms with Crippen LogP contribution in [-0.2, 0) is 4.79 Å². The predicted octanol–water partition coefficient (Wildman–Crippen LogP) is 7.17. The fourth-order valence-electron chi connectivity index (χ4n) is 4.52. The number of hydrogen-bond acceptors (Lipinski definition) is 8. The van der Waals surface area contributed by atoms with Crippen LogP contribution in [0.1, 0.15) is 5.56 Å². The largest absolute Gasteiger partial charge is 0.476 e. The number of nitro groups is 1. The molecule has 0 bridgehead atoms. The van der Waals surface area contributed by atoms with E-state index in [9.17, 15) is 24.1 Å². The number of fused-ring (bicyclic) bond motifs is 2. The van der Waals surface area contributed by atoms with Crippen LogP contribution in [-0.4, -0.2) is 33.3 Å². The number of nitro benzene ring substituents is 1. The fraction of sp³-hybridized carbons (Fsp3) is 0.0323. The number of nitrogens with one attached hydrogen (secondary N) is 1. The number of amides is 1. The smallest absolute Gasteiger partial charge is 0.312 e. The molecule has 0 saturated carbocycles. The van der Waals surface area contributed by atoms with Crippen molar-refractivity contribution in [3.05, 3.63) is 126 Å². The van der Waals surface area contributed by atoms with Gasteiger partial charge in [-0.05, 0) is 60.7 Å². The average molecular weight is 691 g/mol. The van der Waals surface area contributed by atoms with Gasteiger partial charge in [-0.25, -0.2) is 9.37 Å². The first-order valence-electron chi connectivity index (χ1n) is 13.1. The summed E-state index contributed by atoms with van der Waals surface area (Å²) in [6.45, 7) is -0.649. The van der Waals surface area contributed by atoms with Gasteiger partial charge in [0, 0.05) is 32.2 Å². The van der Waals surface area contributed by atoms with Gasteiger partial charge in [-0.3, -0.25) is 19.7 Å². The number of ether oxygens (including phenoxy) is 1. The first-order valence-corrected chi connectivity index (χ1v) is 14.2. The van der Waals surface area contributed by atoms with Gasteiger partial charge in [-0.1, -0.05) is 45.7 Å². The molecule has 0 spiro atoms. The van der Waals surface area contributed by atoms with Crippen molar-refractivity contribution in [2.24, 2.45) is 5.10 Å². The van der Waals surface area contributed by atoms with Crippen LogP contribution < -0.4 is 15.6 Å². The highest BCUT2D eigenvalue weighted by Gasteiger charge is 2.22. The molecule has 0 atom stereocenters. The van der Waals surface area contributed by atoms with E-state index in [0.29, 0.717) is 26.0 Å². The average Bonchev–Trinajstić information content (AvgIpc) is 3.43. The van der Waals surface area contributed by atoms with E-state index in [-0.39, 0.29) is 34.0 Å². The van der Waals surface area contributed by atoms with Crippen LogP contribution in [0.2, 0.25) is 5.02 Å². The second kappa shape index (κ2) is 12.3. The minimum Gasteiger partial charge on any atom is -0.476 e. The maximum Gasteiger partial charge on any atom is 0.312 e. The first kappa shape index (κ1) is 29.7. The quantitative estimate of drug-likeness (QED) is 0.101. The van der Waals surface area contributed by atoms with Crippen LogP contribution in [0.15, 0.2) is 104 Å². The first-order chi connectivity index (χ1) is 21.7. The number of furan rings is 1. The number of hydrogen-bond donors (Lipinski definition) is 1. The Morgan fingerprint density at radius 2 is 1.96 bits per heavy atom. The number of para-hydroxylation sites is 1. The maximum absolute atomic E-state index is 13.7. The fourth-order valence-corrected chi connectivity index (χ4v) is 5.17. The van der Waals surface area contributed by atoms with Crippen molar-refractivity contribution in [3.63, 3.8) is 0 Å². The number of carbonyl (C=O) groups excluding carboxylic acids is 1. The van der Waals surface area contributed by atoms with Crippen molar-refractivity contribution in [1.29, 1.82) is 0 Å². The highest BCUT2D eigenvalue weighted by Crippen LogP contribution is 2.34. The number of halogens is 3. The van der Waals surface area contributed by atoms with Crippen molar-refractivity contribution in [1.82, 2.24) is 9.66 Å². The highest BCUT2D eigenvalue weighted by molar-refractivity contribution is 9.10. The molecule has 2 heterocycles. The van der Waals surface area contributed by atoms with Gasteiger partial charge >= 0.3 is 5.69 Å². The molecule has 0 aliphatic carbocycles. The molecule has 11 nitrogen and oxygen atoms in total. The van der Waals surface area contributed by atoms with Crippen molar-refractivity contribution in [2.45, 2.75) is 0 Å². The summed E-state index contributed by atoms with van der Waals surface area (Å²) in [5.74, 6) is -1.26. The van der Waals surface area contributed by atoms with E-state index < -0.39 is 34.5 Å². The third-order valence-corrected chi connectivity index (χ3v) is 7.17. The molecule has 0 saturated heterocycles. The zero-order valence-electron chi connectivity index (χ0n) is 22.7. The molecular formula is C31H18BrClFN5O6. The third-order valence-electron chi connectivity index (χ3n) is 6.48. The summed E-state index contributed by atoms with van der Waals surface area (Å²) in [7, 11) is 0. The Bertz CT molecular complexity index is 2230. The second-order valence-electron chi connectivity index (χ2n) is 9.55. The Kier molecular flexibility index (Phi) is 8.11. The summed E-state index contributed by atoms with van der Waals surface area (Å²) >= 11 is 9.39. The summed E-state index contributed by atoms with van der Waals surface area (Å²) in [6.07, 6.45) is 1.18. The SMILES string of the molecule is O=C(COc1c(C=Nn2c(-c3cc4cc(Cl)ccc4o3)nc3ccccc3c2=O)cc(Br)cc1[N+](=O)[O-])Nc1cccc(F)c1. The summed E-state index contributed by atoms with van der Waals surface area (Å²) in [4.78, 5) is 42.1. The lowest BCUT2D eigenvalue weighted by Crippen LogP contribution is -2.21. The molecule has 45 heavy (non-hydrogen) atoms. The van der Waals surface area contributed by atoms with Crippen LogP contribution in [0.5, 0.6) is 5.75 Å². The summed E-state index contributed by atoms with van der Waals surface area (Å²) < 4.78 is 26.4. The van der Waals surface area contributed by atoms with E-state index in [1.807, 2.05) is 0 Å². The van der Waals surface area contributed by atoms with Crippen molar-refractivity contribution >= 4 is 72.9 Å². The Morgan fingerprint density at radius 1 is 1.13 bits per heavy atom. The monoisotopic (exact) mass is 689 g/mol. The molecule has 224 valence electrons. The van der Waals surface area contributed by atoms with E-state index in [1.165, 1.54) is 36.5 Å². The van der Waals surface area contributed by atoms with E-state index in [0.717, 1.165) is 10.7 Å². The van der Waals surface area contributed by atoms with E-state index in [4.69, 9.17) is 20.8 Å². The van der Waals surface area contributed by atoms with Gasteiger partial charge in [0.25, 0.3) is 11.5 Å². The zero-order valence-corrected chi connectivity index (χ0v) is 25.1. The van der Waals surface area contributed by atoms with Crippen LogP contribution >= 0.6 is 27.5 Å². The molecule has 0 aliphatic rings. The van der Waals surface area contributed by atoms with Crippen molar-refractivity contribution in [2.75, 3.05) is 11.9 Å². The highest BCUT2D eigenvalue weighted by atomic mass is 79.9. The Morgan fingerprint density at radius 3 is 2.76 bits per heavy atom. The van der Waals surface area contributed by atoms with Crippen LogP contribution in [0.25, 0.3) is 33.5 Å². The minimum absolute atomic E-state index is 0.0590. The zero-order chi connectivity index (χ0) is 31.7. The molecule has 6 aromatic rings. The van der Waals surface area contributed by atoms with Gasteiger partial charge in [0.1, 0.15) is 11.4 Å².